The molecule has 0 spiro atoms. The number of anilines is 1. The molecule has 0 aliphatic heterocycles. The highest BCUT2D eigenvalue weighted by atomic mass is 19.1. The van der Waals surface area contributed by atoms with E-state index in [0.717, 1.165) is 12.1 Å². The predicted molar refractivity (Wildman–Crippen MR) is 94.4 cm³/mol. The Hall–Kier alpha value is -3.07. The zero-order valence-electron chi connectivity index (χ0n) is 15.0. The first-order chi connectivity index (χ1) is 12.7. The Bertz CT molecular complexity index is 860. The van der Waals surface area contributed by atoms with Crippen molar-refractivity contribution in [1.29, 1.82) is 0 Å². The van der Waals surface area contributed by atoms with Crippen LogP contribution in [0.25, 0.3) is 0 Å². The summed E-state index contributed by atoms with van der Waals surface area (Å²) in [5.74, 6) is -1.58. The number of amides is 1. The third kappa shape index (κ3) is 4.98. The average Bonchev–Trinajstić information content (AvgIpc) is 2.61. The molecule has 0 radical (unpaired) electrons. The number of methoxy groups -OCH3 is 1. The quantitative estimate of drug-likeness (QED) is 0.570. The van der Waals surface area contributed by atoms with Gasteiger partial charge < -0.3 is 15.4 Å². The lowest BCUT2D eigenvalue weighted by molar-refractivity contribution is -0.710. The van der Waals surface area contributed by atoms with Crippen LogP contribution < -0.4 is 15.4 Å². The van der Waals surface area contributed by atoms with E-state index in [1.807, 2.05) is 0 Å². The summed E-state index contributed by atoms with van der Waals surface area (Å²) in [6.07, 6.45) is 0. The maximum atomic E-state index is 13.9. The van der Waals surface area contributed by atoms with Gasteiger partial charge in [-0.3, -0.25) is 14.9 Å². The first-order valence-corrected chi connectivity index (χ1v) is 8.16. The zero-order valence-corrected chi connectivity index (χ0v) is 15.0. The summed E-state index contributed by atoms with van der Waals surface area (Å²) in [4.78, 5) is 22.7. The predicted octanol–water partition coefficient (Wildman–Crippen LogP) is 2.53. The molecule has 0 unspecified atom stereocenters. The second-order valence-corrected chi connectivity index (χ2v) is 6.07. The number of non-ortho nitro benzene ring substituents is 1. The monoisotopic (exact) mass is 380 g/mol. The van der Waals surface area contributed by atoms with Crippen molar-refractivity contribution in [2.75, 3.05) is 12.4 Å². The van der Waals surface area contributed by atoms with E-state index in [9.17, 15) is 23.7 Å². The second kappa shape index (κ2) is 8.54. The van der Waals surface area contributed by atoms with Crippen LogP contribution in [0.15, 0.2) is 36.4 Å². The van der Waals surface area contributed by atoms with Gasteiger partial charge in [-0.1, -0.05) is 0 Å². The molecule has 9 heteroatoms. The largest absolute Gasteiger partial charge is 0.494 e. The van der Waals surface area contributed by atoms with Crippen LogP contribution in [0.4, 0.5) is 20.2 Å². The van der Waals surface area contributed by atoms with Crippen molar-refractivity contribution in [2.45, 2.75) is 25.9 Å². The summed E-state index contributed by atoms with van der Waals surface area (Å²) < 4.78 is 32.0. The van der Waals surface area contributed by atoms with Gasteiger partial charge in [-0.05, 0) is 32.0 Å². The van der Waals surface area contributed by atoms with E-state index in [1.54, 1.807) is 19.2 Å². The van der Waals surface area contributed by atoms with Crippen molar-refractivity contribution in [3.05, 3.63) is 63.7 Å². The highest BCUT2D eigenvalue weighted by Crippen LogP contribution is 2.29. The van der Waals surface area contributed by atoms with Crippen molar-refractivity contribution in [2.24, 2.45) is 0 Å². The summed E-state index contributed by atoms with van der Waals surface area (Å²) in [5.41, 5.74) is 0.405. The number of rotatable bonds is 7. The molecule has 3 N–H and O–H groups in total. The van der Waals surface area contributed by atoms with E-state index in [4.69, 9.17) is 4.74 Å². The molecule has 7 nitrogen and oxygen atoms in total. The lowest BCUT2D eigenvalue weighted by Crippen LogP contribution is -2.91. The molecule has 0 aliphatic rings. The number of halogens is 2. The average molecular weight is 380 g/mol. The Balaban J connectivity index is 2.08. The minimum absolute atomic E-state index is 0.155. The number of nitrogens with one attached hydrogen (secondary N) is 1. The van der Waals surface area contributed by atoms with Gasteiger partial charge >= 0.3 is 0 Å². The summed E-state index contributed by atoms with van der Waals surface area (Å²) in [7, 11) is 1.34. The van der Waals surface area contributed by atoms with Crippen LogP contribution in [0.1, 0.15) is 25.5 Å². The van der Waals surface area contributed by atoms with Gasteiger partial charge in [0, 0.05) is 17.7 Å². The zero-order chi connectivity index (χ0) is 20.1. The van der Waals surface area contributed by atoms with Gasteiger partial charge in [0.1, 0.15) is 23.4 Å². The van der Waals surface area contributed by atoms with Crippen LogP contribution in [-0.2, 0) is 4.79 Å². The van der Waals surface area contributed by atoms with Crippen LogP contribution in [0.2, 0.25) is 0 Å². The Labute approximate surface area is 154 Å². The number of quaternary nitrogens is 1. The van der Waals surface area contributed by atoms with Gasteiger partial charge in [0.15, 0.2) is 6.04 Å². The summed E-state index contributed by atoms with van der Waals surface area (Å²) >= 11 is 0. The van der Waals surface area contributed by atoms with Crippen LogP contribution in [0.5, 0.6) is 5.75 Å². The van der Waals surface area contributed by atoms with Gasteiger partial charge in [-0.2, -0.15) is 0 Å². The Morgan fingerprint density at radius 2 is 1.93 bits per heavy atom. The topological polar surface area (TPSA) is 98.1 Å². The first-order valence-electron chi connectivity index (χ1n) is 8.16. The maximum Gasteiger partial charge on any atom is 0.282 e. The van der Waals surface area contributed by atoms with Crippen molar-refractivity contribution in [1.82, 2.24) is 0 Å². The van der Waals surface area contributed by atoms with Crippen LogP contribution in [0, 0.1) is 21.7 Å². The normalized spacial score (nSPS) is 12.9. The van der Waals surface area contributed by atoms with Gasteiger partial charge in [-0.15, -0.1) is 0 Å². The molecule has 2 aromatic rings. The van der Waals surface area contributed by atoms with Crippen LogP contribution in [-0.4, -0.2) is 24.0 Å². The number of nitrogens with zero attached hydrogens (tertiary/aromatic N) is 1. The third-order valence-electron chi connectivity index (χ3n) is 4.10. The van der Waals surface area contributed by atoms with Gasteiger partial charge in [-0.25, -0.2) is 8.78 Å². The molecular weight excluding hydrogens is 360 g/mol. The van der Waals surface area contributed by atoms with E-state index in [0.29, 0.717) is 0 Å². The SMILES string of the molecule is COc1cc([N+](=O)[O-])ccc1NC(=O)[C@@H](C)[NH2+][C@H](C)c1ccc(F)cc1F. The summed E-state index contributed by atoms with van der Waals surface area (Å²) in [6, 6.07) is 6.11. The number of carbonyl (C=O) groups is 1. The van der Waals surface area contributed by atoms with E-state index in [2.05, 4.69) is 5.32 Å². The molecule has 0 aliphatic carbocycles. The lowest BCUT2D eigenvalue weighted by Gasteiger charge is -2.18. The van der Waals surface area contributed by atoms with E-state index < -0.39 is 34.5 Å². The molecule has 2 atom stereocenters. The van der Waals surface area contributed by atoms with Crippen molar-refractivity contribution >= 4 is 17.3 Å². The number of hydrogen-bond donors (Lipinski definition) is 2. The molecule has 0 heterocycles. The number of hydrogen-bond acceptors (Lipinski definition) is 4. The maximum absolute atomic E-state index is 13.9. The fourth-order valence-electron chi connectivity index (χ4n) is 2.64. The minimum Gasteiger partial charge on any atom is -0.494 e. The Kier molecular flexibility index (Phi) is 6.40. The number of nitro benzene ring substituents is 1. The molecule has 2 rings (SSSR count). The molecule has 144 valence electrons. The van der Waals surface area contributed by atoms with Gasteiger partial charge in [0.05, 0.1) is 23.8 Å². The number of nitro groups is 1. The fraction of sp³-hybridized carbons (Fsp3) is 0.278. The summed E-state index contributed by atoms with van der Waals surface area (Å²) in [5, 5.41) is 15.1. The molecule has 2 aromatic carbocycles. The number of nitrogens with two attached hydrogens (primary N) is 1. The number of benzene rings is 2. The van der Waals surface area contributed by atoms with Crippen LogP contribution in [0.3, 0.4) is 0 Å². The van der Waals surface area contributed by atoms with E-state index in [1.165, 1.54) is 31.4 Å². The molecule has 27 heavy (non-hydrogen) atoms. The smallest absolute Gasteiger partial charge is 0.282 e. The number of carbonyl (C=O) groups excluding carboxylic acids is 1. The van der Waals surface area contributed by atoms with Gasteiger partial charge in [0.2, 0.25) is 0 Å². The first kappa shape index (κ1) is 20.2. The summed E-state index contributed by atoms with van der Waals surface area (Å²) in [6.45, 7) is 3.33. The van der Waals surface area contributed by atoms with E-state index in [-0.39, 0.29) is 22.7 Å². The van der Waals surface area contributed by atoms with Crippen LogP contribution >= 0.6 is 0 Å². The Morgan fingerprint density at radius 1 is 1.22 bits per heavy atom. The Morgan fingerprint density at radius 3 is 2.52 bits per heavy atom. The standard InChI is InChI=1S/C18H19F2N3O4/c1-10(14-6-4-12(19)8-15(14)20)21-11(2)18(24)22-16-7-5-13(23(25)26)9-17(16)27-3/h4-11,21H,1-3H3,(H,22,24)/p+1/t10-,11-/m1/s1. The molecular formula is C18H20F2N3O4+. The molecule has 0 fully saturated rings. The molecule has 0 aromatic heterocycles. The van der Waals surface area contributed by atoms with E-state index >= 15 is 0 Å². The highest BCUT2D eigenvalue weighted by Gasteiger charge is 2.23. The minimum atomic E-state index is -0.677. The molecule has 0 saturated carbocycles. The van der Waals surface area contributed by atoms with Crippen molar-refractivity contribution in [3.8, 4) is 5.75 Å². The fourth-order valence-corrected chi connectivity index (χ4v) is 2.64. The molecule has 0 bridgehead atoms. The lowest BCUT2D eigenvalue weighted by atomic mass is 10.1. The van der Waals surface area contributed by atoms with Gasteiger partial charge in [0.25, 0.3) is 11.6 Å². The third-order valence-corrected chi connectivity index (χ3v) is 4.10. The van der Waals surface area contributed by atoms with Crippen molar-refractivity contribution in [3.63, 3.8) is 0 Å². The molecule has 0 saturated heterocycles. The highest BCUT2D eigenvalue weighted by molar-refractivity contribution is 5.95. The second-order valence-electron chi connectivity index (χ2n) is 6.07. The molecule has 1 amide bonds. The number of ether oxygens (including phenoxy) is 1. The van der Waals surface area contributed by atoms with Crippen molar-refractivity contribution < 1.29 is 28.6 Å².